The molecule has 2 N–H and O–H groups in total. The molecule has 88 valence electrons. The van der Waals surface area contributed by atoms with Crippen LogP contribution in [0.5, 0.6) is 11.5 Å². The Labute approximate surface area is 88.6 Å². The fourth-order valence-electron chi connectivity index (χ4n) is 1.14. The lowest BCUT2D eigenvalue weighted by Gasteiger charge is -2.12. The van der Waals surface area contributed by atoms with E-state index in [1.54, 1.807) is 0 Å². The Kier molecular flexibility index (Phi) is 3.26. The first-order chi connectivity index (χ1) is 7.40. The van der Waals surface area contributed by atoms with E-state index < -0.39 is 17.5 Å². The number of alkyl halides is 3. The summed E-state index contributed by atoms with van der Waals surface area (Å²) in [5.74, 6) is -1.34. The Morgan fingerprint density at radius 3 is 2.44 bits per heavy atom. The lowest BCUT2D eigenvalue weighted by molar-refractivity contribution is -0.138. The summed E-state index contributed by atoms with van der Waals surface area (Å²) in [6, 6.07) is 1.77. The highest BCUT2D eigenvalue weighted by Gasteiger charge is 2.35. The molecular weight excluding hydrogens is 227 g/mol. The van der Waals surface area contributed by atoms with Crippen LogP contribution in [0.1, 0.15) is 11.1 Å². The van der Waals surface area contributed by atoms with E-state index >= 15 is 0 Å². The molecule has 0 aliphatic rings. The maximum atomic E-state index is 12.5. The van der Waals surface area contributed by atoms with Gasteiger partial charge in [0, 0.05) is 5.56 Å². The second-order valence-electron chi connectivity index (χ2n) is 2.86. The summed E-state index contributed by atoms with van der Waals surface area (Å²) in [6.07, 6.45) is -3.91. The van der Waals surface area contributed by atoms with Crippen molar-refractivity contribution >= 4 is 6.21 Å². The van der Waals surface area contributed by atoms with Crippen LogP contribution in [0.3, 0.4) is 0 Å². The van der Waals surface area contributed by atoms with Crippen LogP contribution < -0.4 is 4.74 Å². The number of hydrogen-bond donors (Lipinski definition) is 2. The van der Waals surface area contributed by atoms with Crippen LogP contribution in [0.25, 0.3) is 0 Å². The Bertz CT molecular complexity index is 415. The molecule has 0 saturated heterocycles. The topological polar surface area (TPSA) is 62.0 Å². The minimum Gasteiger partial charge on any atom is -0.504 e. The highest BCUT2D eigenvalue weighted by Crippen LogP contribution is 2.41. The zero-order valence-electron chi connectivity index (χ0n) is 8.12. The number of halogens is 3. The van der Waals surface area contributed by atoms with Crippen LogP contribution in [0.4, 0.5) is 13.2 Å². The monoisotopic (exact) mass is 235 g/mol. The predicted molar refractivity (Wildman–Crippen MR) is 49.0 cm³/mol. The quantitative estimate of drug-likeness (QED) is 0.469. The number of ether oxygens (including phenoxy) is 1. The predicted octanol–water partition coefficient (Wildman–Crippen LogP) is 2.23. The van der Waals surface area contributed by atoms with E-state index in [-0.39, 0.29) is 11.3 Å². The van der Waals surface area contributed by atoms with E-state index in [2.05, 4.69) is 9.89 Å². The zero-order chi connectivity index (χ0) is 12.3. The number of oxime groups is 1. The van der Waals surface area contributed by atoms with Crippen LogP contribution >= 0.6 is 0 Å². The summed E-state index contributed by atoms with van der Waals surface area (Å²) in [4.78, 5) is 0. The van der Waals surface area contributed by atoms with E-state index in [0.717, 1.165) is 19.4 Å². The minimum atomic E-state index is -4.71. The molecule has 0 spiro atoms. The fourth-order valence-corrected chi connectivity index (χ4v) is 1.14. The van der Waals surface area contributed by atoms with E-state index in [4.69, 9.17) is 5.21 Å². The molecule has 0 amide bonds. The van der Waals surface area contributed by atoms with Crippen LogP contribution in [0, 0.1) is 0 Å². The second-order valence-corrected chi connectivity index (χ2v) is 2.86. The van der Waals surface area contributed by atoms with E-state index in [1.165, 1.54) is 0 Å². The molecule has 0 heterocycles. The Morgan fingerprint density at radius 1 is 1.38 bits per heavy atom. The smallest absolute Gasteiger partial charge is 0.420 e. The van der Waals surface area contributed by atoms with Gasteiger partial charge in [0.05, 0.1) is 13.3 Å². The molecule has 0 fully saturated rings. The summed E-state index contributed by atoms with van der Waals surface area (Å²) in [6.45, 7) is 0. The molecule has 16 heavy (non-hydrogen) atoms. The van der Waals surface area contributed by atoms with Crippen LogP contribution in [-0.2, 0) is 6.18 Å². The lowest BCUT2D eigenvalue weighted by Crippen LogP contribution is -2.07. The molecule has 0 aliphatic carbocycles. The van der Waals surface area contributed by atoms with Crippen molar-refractivity contribution in [1.29, 1.82) is 0 Å². The normalized spacial score (nSPS) is 12.0. The van der Waals surface area contributed by atoms with Gasteiger partial charge in [0.15, 0.2) is 11.5 Å². The SMILES string of the molecule is COc1cc(C=NO)cc(C(F)(F)F)c1O. The van der Waals surface area contributed by atoms with Gasteiger partial charge in [-0.15, -0.1) is 0 Å². The van der Waals surface area contributed by atoms with Gasteiger partial charge in [-0.05, 0) is 12.1 Å². The van der Waals surface area contributed by atoms with Gasteiger partial charge >= 0.3 is 6.18 Å². The summed E-state index contributed by atoms with van der Waals surface area (Å²) in [7, 11) is 1.12. The summed E-state index contributed by atoms with van der Waals surface area (Å²) in [5.41, 5.74) is -1.29. The average molecular weight is 235 g/mol. The van der Waals surface area contributed by atoms with Gasteiger partial charge < -0.3 is 15.1 Å². The maximum absolute atomic E-state index is 12.5. The van der Waals surface area contributed by atoms with Crippen molar-refractivity contribution in [3.8, 4) is 11.5 Å². The first-order valence-electron chi connectivity index (χ1n) is 4.05. The number of phenols is 1. The van der Waals surface area contributed by atoms with Crippen LogP contribution in [0.2, 0.25) is 0 Å². The molecule has 0 bridgehead atoms. The van der Waals surface area contributed by atoms with Crippen molar-refractivity contribution < 1.29 is 28.2 Å². The number of nitrogens with zero attached hydrogens (tertiary/aromatic N) is 1. The van der Waals surface area contributed by atoms with Gasteiger partial charge in [0.2, 0.25) is 0 Å². The van der Waals surface area contributed by atoms with Crippen molar-refractivity contribution in [3.05, 3.63) is 23.3 Å². The van der Waals surface area contributed by atoms with Crippen molar-refractivity contribution in [2.24, 2.45) is 5.16 Å². The molecule has 0 saturated carbocycles. The second kappa shape index (κ2) is 4.30. The van der Waals surface area contributed by atoms with Crippen molar-refractivity contribution in [3.63, 3.8) is 0 Å². The molecule has 1 aromatic carbocycles. The van der Waals surface area contributed by atoms with Crippen LogP contribution in [0.15, 0.2) is 17.3 Å². The molecule has 0 radical (unpaired) electrons. The van der Waals surface area contributed by atoms with Gasteiger partial charge in [0.25, 0.3) is 0 Å². The molecule has 0 aromatic heterocycles. The van der Waals surface area contributed by atoms with Gasteiger partial charge in [-0.2, -0.15) is 13.2 Å². The maximum Gasteiger partial charge on any atom is 0.420 e. The first-order valence-corrected chi connectivity index (χ1v) is 4.05. The molecule has 1 rings (SSSR count). The first kappa shape index (κ1) is 12.2. The van der Waals surface area contributed by atoms with Gasteiger partial charge in [0.1, 0.15) is 5.56 Å². The van der Waals surface area contributed by atoms with Gasteiger partial charge in [-0.25, -0.2) is 0 Å². The number of benzene rings is 1. The largest absolute Gasteiger partial charge is 0.504 e. The number of aromatic hydroxyl groups is 1. The Balaban J connectivity index is 3.42. The molecule has 0 unspecified atom stereocenters. The third-order valence-electron chi connectivity index (χ3n) is 1.83. The summed E-state index contributed by atoms with van der Waals surface area (Å²) >= 11 is 0. The van der Waals surface area contributed by atoms with Gasteiger partial charge in [-0.1, -0.05) is 5.16 Å². The highest BCUT2D eigenvalue weighted by molar-refractivity contribution is 5.81. The third-order valence-corrected chi connectivity index (χ3v) is 1.83. The van der Waals surface area contributed by atoms with E-state index in [1.807, 2.05) is 0 Å². The van der Waals surface area contributed by atoms with Crippen LogP contribution in [-0.4, -0.2) is 23.6 Å². The summed E-state index contributed by atoms with van der Waals surface area (Å²) in [5, 5.41) is 20.1. The standard InChI is InChI=1S/C9H8F3NO3/c1-16-7-3-5(4-13-15)2-6(8(7)14)9(10,11)12/h2-4,14-15H,1H3. The molecule has 0 aliphatic heterocycles. The highest BCUT2D eigenvalue weighted by atomic mass is 19.4. The van der Waals surface area contributed by atoms with Crippen molar-refractivity contribution in [1.82, 2.24) is 0 Å². The van der Waals surface area contributed by atoms with E-state index in [9.17, 15) is 18.3 Å². The molecule has 1 aromatic rings. The zero-order valence-corrected chi connectivity index (χ0v) is 8.12. The molecule has 7 heteroatoms. The molecule has 4 nitrogen and oxygen atoms in total. The third kappa shape index (κ3) is 2.36. The number of phenolic OH excluding ortho intramolecular Hbond substituents is 1. The number of hydrogen-bond acceptors (Lipinski definition) is 4. The van der Waals surface area contributed by atoms with Crippen molar-refractivity contribution in [2.45, 2.75) is 6.18 Å². The Morgan fingerprint density at radius 2 is 2.00 bits per heavy atom. The molecule has 0 atom stereocenters. The number of methoxy groups -OCH3 is 1. The minimum absolute atomic E-state index is 0.0375. The van der Waals surface area contributed by atoms with Gasteiger partial charge in [-0.3, -0.25) is 0 Å². The Hall–Kier alpha value is -1.92. The average Bonchev–Trinajstić information content (AvgIpc) is 2.19. The number of rotatable bonds is 2. The van der Waals surface area contributed by atoms with E-state index in [0.29, 0.717) is 6.07 Å². The molecular formula is C9H8F3NO3. The fraction of sp³-hybridized carbons (Fsp3) is 0.222. The van der Waals surface area contributed by atoms with Crippen molar-refractivity contribution in [2.75, 3.05) is 7.11 Å². The summed E-state index contributed by atoms with van der Waals surface area (Å²) < 4.78 is 42.0. The lowest BCUT2D eigenvalue weighted by atomic mass is 10.1.